The van der Waals surface area contributed by atoms with Crippen LogP contribution in [0.5, 0.6) is 0 Å². The summed E-state index contributed by atoms with van der Waals surface area (Å²) in [6.07, 6.45) is 1.99. The highest BCUT2D eigenvalue weighted by atomic mass is 32.1. The summed E-state index contributed by atoms with van der Waals surface area (Å²) in [6.45, 7) is 4.32. The largest absolute Gasteiger partial charge is 0.333 e. The van der Waals surface area contributed by atoms with Crippen molar-refractivity contribution in [2.75, 3.05) is 0 Å². The molecule has 0 aliphatic carbocycles. The van der Waals surface area contributed by atoms with Crippen LogP contribution < -0.4 is 0 Å². The highest BCUT2D eigenvalue weighted by molar-refractivity contribution is 7.71. The maximum atomic E-state index is 5.20. The number of aromatic amines is 1. The van der Waals surface area contributed by atoms with Gasteiger partial charge in [0.05, 0.1) is 5.52 Å². The van der Waals surface area contributed by atoms with Crippen LogP contribution in [0.25, 0.3) is 5.52 Å². The number of H-pyrrole nitrogens is 1. The molecule has 2 aromatic rings. The van der Waals surface area contributed by atoms with E-state index in [0.717, 1.165) is 4.77 Å². The molecule has 3 heteroatoms. The summed E-state index contributed by atoms with van der Waals surface area (Å²) < 4.78 is 2.78. The van der Waals surface area contributed by atoms with Gasteiger partial charge in [-0.1, -0.05) is 19.9 Å². The molecule has 2 rings (SSSR count). The van der Waals surface area contributed by atoms with Gasteiger partial charge in [0, 0.05) is 11.9 Å². The summed E-state index contributed by atoms with van der Waals surface area (Å²) in [6, 6.07) is 6.10. The molecule has 0 fully saturated rings. The third-order valence-electron chi connectivity index (χ3n) is 2.17. The second kappa shape index (κ2) is 3.00. The van der Waals surface area contributed by atoms with E-state index in [1.54, 1.807) is 0 Å². The summed E-state index contributed by atoms with van der Waals surface area (Å²) in [5, 5.41) is 0. The first kappa shape index (κ1) is 8.51. The number of hydrogen-bond acceptors (Lipinski definition) is 1. The van der Waals surface area contributed by atoms with Crippen molar-refractivity contribution in [2.45, 2.75) is 19.8 Å². The van der Waals surface area contributed by atoms with Crippen LogP contribution in [0.1, 0.15) is 25.5 Å². The number of nitrogens with one attached hydrogen (secondary N) is 1. The Labute approximate surface area is 82.2 Å². The molecule has 0 spiro atoms. The van der Waals surface area contributed by atoms with E-state index in [0.29, 0.717) is 5.92 Å². The highest BCUT2D eigenvalue weighted by Gasteiger charge is 2.06. The van der Waals surface area contributed by atoms with E-state index in [9.17, 15) is 0 Å². The first-order valence-electron chi connectivity index (χ1n) is 4.39. The van der Waals surface area contributed by atoms with Crippen LogP contribution >= 0.6 is 12.2 Å². The fraction of sp³-hybridized carbons (Fsp3) is 0.300. The van der Waals surface area contributed by atoms with Crippen LogP contribution in [-0.2, 0) is 0 Å². The average molecular weight is 192 g/mol. The van der Waals surface area contributed by atoms with Gasteiger partial charge in [0.25, 0.3) is 0 Å². The summed E-state index contributed by atoms with van der Waals surface area (Å²) >= 11 is 5.20. The predicted molar refractivity (Wildman–Crippen MR) is 56.7 cm³/mol. The molecule has 0 bridgehead atoms. The Morgan fingerprint density at radius 3 is 2.85 bits per heavy atom. The van der Waals surface area contributed by atoms with Gasteiger partial charge in [-0.05, 0) is 30.3 Å². The van der Waals surface area contributed by atoms with Crippen molar-refractivity contribution < 1.29 is 0 Å². The van der Waals surface area contributed by atoms with E-state index in [-0.39, 0.29) is 0 Å². The van der Waals surface area contributed by atoms with E-state index in [1.165, 1.54) is 11.2 Å². The first-order valence-corrected chi connectivity index (χ1v) is 4.80. The Bertz CT molecular complexity index is 479. The fourth-order valence-electron chi connectivity index (χ4n) is 1.52. The zero-order valence-corrected chi connectivity index (χ0v) is 8.56. The second-order valence-electron chi connectivity index (χ2n) is 3.45. The molecule has 0 aliphatic heterocycles. The van der Waals surface area contributed by atoms with Crippen molar-refractivity contribution >= 4 is 17.7 Å². The first-order chi connectivity index (χ1) is 6.20. The van der Waals surface area contributed by atoms with E-state index in [2.05, 4.69) is 24.9 Å². The quantitative estimate of drug-likeness (QED) is 0.688. The van der Waals surface area contributed by atoms with Gasteiger partial charge in [-0.25, -0.2) is 0 Å². The molecule has 0 saturated heterocycles. The Balaban J connectivity index is 2.86. The minimum atomic E-state index is 0.481. The summed E-state index contributed by atoms with van der Waals surface area (Å²) in [7, 11) is 0. The molecule has 13 heavy (non-hydrogen) atoms. The monoisotopic (exact) mass is 192 g/mol. The molecule has 0 unspecified atom stereocenters. The lowest BCUT2D eigenvalue weighted by molar-refractivity contribution is 0.839. The van der Waals surface area contributed by atoms with Crippen molar-refractivity contribution in [3.05, 3.63) is 34.9 Å². The van der Waals surface area contributed by atoms with Crippen LogP contribution in [0.3, 0.4) is 0 Å². The third-order valence-corrected chi connectivity index (χ3v) is 2.47. The Kier molecular flexibility index (Phi) is 1.96. The van der Waals surface area contributed by atoms with Crippen LogP contribution in [-0.4, -0.2) is 9.38 Å². The Morgan fingerprint density at radius 2 is 2.15 bits per heavy atom. The number of imidazole rings is 1. The number of rotatable bonds is 1. The minimum absolute atomic E-state index is 0.481. The van der Waals surface area contributed by atoms with Gasteiger partial charge >= 0.3 is 0 Å². The summed E-state index contributed by atoms with van der Waals surface area (Å²) in [5.41, 5.74) is 2.40. The van der Waals surface area contributed by atoms with Crippen molar-refractivity contribution in [1.29, 1.82) is 0 Å². The SMILES string of the molecule is CC(C)c1[nH]c(=S)n2ccccc12. The molecule has 2 heterocycles. The molecule has 0 radical (unpaired) electrons. The summed E-state index contributed by atoms with van der Waals surface area (Å²) in [4.78, 5) is 3.23. The number of aromatic nitrogens is 2. The Hall–Kier alpha value is -1.09. The molecule has 2 aromatic heterocycles. The van der Waals surface area contributed by atoms with Crippen LogP contribution in [0.4, 0.5) is 0 Å². The Morgan fingerprint density at radius 1 is 1.38 bits per heavy atom. The van der Waals surface area contributed by atoms with Crippen molar-refractivity contribution in [2.24, 2.45) is 0 Å². The molecular weight excluding hydrogens is 180 g/mol. The zero-order valence-electron chi connectivity index (χ0n) is 7.74. The minimum Gasteiger partial charge on any atom is -0.333 e. The molecule has 0 amide bonds. The van der Waals surface area contributed by atoms with Crippen molar-refractivity contribution in [3.63, 3.8) is 0 Å². The van der Waals surface area contributed by atoms with Gasteiger partial charge in [-0.15, -0.1) is 0 Å². The average Bonchev–Trinajstić information content (AvgIpc) is 2.45. The van der Waals surface area contributed by atoms with Crippen molar-refractivity contribution in [1.82, 2.24) is 9.38 Å². The third kappa shape index (κ3) is 1.29. The van der Waals surface area contributed by atoms with Crippen molar-refractivity contribution in [3.8, 4) is 0 Å². The standard InChI is InChI=1S/C10H12N2S/c1-7(2)9-8-5-3-4-6-12(8)10(13)11-9/h3-7H,1-2H3,(H,11,13). The van der Waals surface area contributed by atoms with Gasteiger partial charge in [0.1, 0.15) is 0 Å². The number of fused-ring (bicyclic) bond motifs is 1. The van der Waals surface area contributed by atoms with E-state index >= 15 is 0 Å². The summed E-state index contributed by atoms with van der Waals surface area (Å²) in [5.74, 6) is 0.481. The number of hydrogen-bond donors (Lipinski definition) is 1. The maximum absolute atomic E-state index is 5.20. The molecule has 68 valence electrons. The van der Waals surface area contributed by atoms with Crippen LogP contribution in [0.2, 0.25) is 0 Å². The lowest BCUT2D eigenvalue weighted by Gasteiger charge is -2.01. The number of nitrogens with zero attached hydrogens (tertiary/aromatic N) is 1. The molecule has 0 aromatic carbocycles. The molecule has 2 nitrogen and oxygen atoms in total. The number of pyridine rings is 1. The smallest absolute Gasteiger partial charge is 0.182 e. The lowest BCUT2D eigenvalue weighted by atomic mass is 10.1. The van der Waals surface area contributed by atoms with Crippen LogP contribution in [0, 0.1) is 4.77 Å². The van der Waals surface area contributed by atoms with Gasteiger partial charge in [-0.3, -0.25) is 4.40 Å². The molecule has 0 saturated carbocycles. The maximum Gasteiger partial charge on any atom is 0.182 e. The molecule has 0 aliphatic rings. The van der Waals surface area contributed by atoms with E-state index < -0.39 is 0 Å². The molecular formula is C10H12N2S. The van der Waals surface area contributed by atoms with E-state index in [1.807, 2.05) is 22.7 Å². The highest BCUT2D eigenvalue weighted by Crippen LogP contribution is 2.18. The lowest BCUT2D eigenvalue weighted by Crippen LogP contribution is -1.88. The fourth-order valence-corrected chi connectivity index (χ4v) is 1.79. The van der Waals surface area contributed by atoms with Gasteiger partial charge in [-0.2, -0.15) is 0 Å². The molecule has 0 atom stereocenters. The molecule has 1 N–H and O–H groups in total. The van der Waals surface area contributed by atoms with Crippen LogP contribution in [0.15, 0.2) is 24.4 Å². The second-order valence-corrected chi connectivity index (χ2v) is 3.84. The van der Waals surface area contributed by atoms with Gasteiger partial charge < -0.3 is 4.98 Å². The van der Waals surface area contributed by atoms with Gasteiger partial charge in [0.2, 0.25) is 0 Å². The zero-order chi connectivity index (χ0) is 9.42. The van der Waals surface area contributed by atoms with E-state index in [4.69, 9.17) is 12.2 Å². The normalized spacial score (nSPS) is 11.3. The van der Waals surface area contributed by atoms with Gasteiger partial charge in [0.15, 0.2) is 4.77 Å². The predicted octanol–water partition coefficient (Wildman–Crippen LogP) is 3.12. The topological polar surface area (TPSA) is 20.2 Å².